The van der Waals surface area contributed by atoms with Gasteiger partial charge in [0, 0.05) is 23.1 Å². The molecule has 0 bridgehead atoms. The molecule has 0 unspecified atom stereocenters. The standard InChI is InChI=1S/C26H22N2O8S/c1-15-5-6-16(2)23(13-15)37(33,34)27(25(29)18-7-9-19(10-8-18)28(31)32)20-11-12-22-21(14-20)24(17(3)36-22)26(30)35-4/h5-14H,1-4H3. The summed E-state index contributed by atoms with van der Waals surface area (Å²) in [5.74, 6) is -1.35. The molecule has 0 aliphatic heterocycles. The quantitative estimate of drug-likeness (QED) is 0.194. The second-order valence-electron chi connectivity index (χ2n) is 8.35. The minimum atomic E-state index is -4.48. The zero-order valence-corrected chi connectivity index (χ0v) is 21.2. The highest BCUT2D eigenvalue weighted by Crippen LogP contribution is 2.34. The average Bonchev–Trinajstić information content (AvgIpc) is 3.19. The molecule has 1 heterocycles. The maximum absolute atomic E-state index is 14.0. The molecular formula is C26H22N2O8S. The van der Waals surface area contributed by atoms with Crippen molar-refractivity contribution in [2.45, 2.75) is 25.7 Å². The number of furan rings is 1. The first-order chi connectivity index (χ1) is 17.4. The van der Waals surface area contributed by atoms with E-state index in [2.05, 4.69) is 0 Å². The van der Waals surface area contributed by atoms with E-state index in [1.54, 1.807) is 32.9 Å². The average molecular weight is 523 g/mol. The van der Waals surface area contributed by atoms with Crippen LogP contribution in [0.5, 0.6) is 0 Å². The summed E-state index contributed by atoms with van der Waals surface area (Å²) in [5, 5.41) is 11.3. The van der Waals surface area contributed by atoms with E-state index >= 15 is 0 Å². The molecule has 3 aromatic carbocycles. The number of aryl methyl sites for hydroxylation is 3. The molecule has 0 fully saturated rings. The lowest BCUT2D eigenvalue weighted by Gasteiger charge is -2.24. The number of carbonyl (C=O) groups excluding carboxylic acids is 2. The molecule has 0 aliphatic carbocycles. The zero-order chi connectivity index (χ0) is 27.1. The first-order valence-corrected chi connectivity index (χ1v) is 12.4. The number of ether oxygens (including phenoxy) is 1. The van der Waals surface area contributed by atoms with Crippen molar-refractivity contribution in [1.29, 1.82) is 0 Å². The molecular weight excluding hydrogens is 500 g/mol. The maximum atomic E-state index is 14.0. The fourth-order valence-electron chi connectivity index (χ4n) is 3.98. The molecule has 4 rings (SSSR count). The Labute approximate surface area is 212 Å². The summed E-state index contributed by atoms with van der Waals surface area (Å²) in [4.78, 5) is 36.5. The first-order valence-electron chi connectivity index (χ1n) is 11.0. The number of nitrogens with zero attached hydrogens (tertiary/aromatic N) is 2. The number of carbonyl (C=O) groups is 2. The molecule has 190 valence electrons. The molecule has 0 saturated carbocycles. The van der Waals surface area contributed by atoms with Crippen molar-refractivity contribution >= 4 is 44.2 Å². The number of hydrogen-bond donors (Lipinski definition) is 0. The monoisotopic (exact) mass is 522 g/mol. The predicted molar refractivity (Wildman–Crippen MR) is 135 cm³/mol. The van der Waals surface area contributed by atoms with Gasteiger partial charge in [0.2, 0.25) is 0 Å². The largest absolute Gasteiger partial charge is 0.465 e. The molecule has 37 heavy (non-hydrogen) atoms. The van der Waals surface area contributed by atoms with Gasteiger partial charge in [0.05, 0.1) is 22.6 Å². The lowest BCUT2D eigenvalue weighted by atomic mass is 10.1. The molecule has 1 aromatic heterocycles. The second-order valence-corrected chi connectivity index (χ2v) is 10.1. The van der Waals surface area contributed by atoms with Crippen LogP contribution in [-0.4, -0.2) is 32.3 Å². The Hall–Kier alpha value is -4.51. The van der Waals surface area contributed by atoms with Crippen molar-refractivity contribution in [3.05, 3.63) is 98.8 Å². The Morgan fingerprint density at radius 1 is 0.973 bits per heavy atom. The first kappa shape index (κ1) is 25.6. The van der Waals surface area contributed by atoms with Crippen molar-refractivity contribution < 1.29 is 32.1 Å². The summed E-state index contributed by atoms with van der Waals surface area (Å²) in [6.45, 7) is 4.90. The van der Waals surface area contributed by atoms with Crippen LogP contribution < -0.4 is 4.31 Å². The van der Waals surface area contributed by atoms with Gasteiger partial charge in [0.25, 0.3) is 21.6 Å². The zero-order valence-electron chi connectivity index (χ0n) is 20.3. The van der Waals surface area contributed by atoms with E-state index in [1.807, 2.05) is 0 Å². The minimum absolute atomic E-state index is 0.0530. The summed E-state index contributed by atoms with van der Waals surface area (Å²) >= 11 is 0. The molecule has 4 aromatic rings. The van der Waals surface area contributed by atoms with Gasteiger partial charge in [-0.1, -0.05) is 12.1 Å². The van der Waals surface area contributed by atoms with Crippen LogP contribution in [0.25, 0.3) is 11.0 Å². The van der Waals surface area contributed by atoms with E-state index in [4.69, 9.17) is 9.15 Å². The normalized spacial score (nSPS) is 11.4. The lowest BCUT2D eigenvalue weighted by Crippen LogP contribution is -2.37. The molecule has 0 saturated heterocycles. The number of sulfonamides is 1. The van der Waals surface area contributed by atoms with Crippen LogP contribution in [0.15, 0.2) is 70.0 Å². The summed E-state index contributed by atoms with van der Waals surface area (Å²) in [6.07, 6.45) is 0. The van der Waals surface area contributed by atoms with E-state index in [0.717, 1.165) is 12.1 Å². The van der Waals surface area contributed by atoms with Crippen molar-refractivity contribution in [3.8, 4) is 0 Å². The SMILES string of the molecule is COC(=O)c1c(C)oc2ccc(N(C(=O)c3ccc([N+](=O)[O-])cc3)S(=O)(=O)c3cc(C)ccc3C)cc12. The van der Waals surface area contributed by atoms with E-state index in [0.29, 0.717) is 21.0 Å². The Balaban J connectivity index is 1.97. The molecule has 0 radical (unpaired) electrons. The fraction of sp³-hybridized carbons (Fsp3) is 0.154. The van der Waals surface area contributed by atoms with E-state index in [-0.39, 0.29) is 38.5 Å². The van der Waals surface area contributed by atoms with Gasteiger partial charge in [-0.05, 0) is 68.3 Å². The summed E-state index contributed by atoms with van der Waals surface area (Å²) in [7, 11) is -3.27. The van der Waals surface area contributed by atoms with E-state index < -0.39 is 26.8 Å². The van der Waals surface area contributed by atoms with Gasteiger partial charge < -0.3 is 9.15 Å². The number of non-ortho nitro benzene ring substituents is 1. The molecule has 0 N–H and O–H groups in total. The van der Waals surface area contributed by atoms with Crippen LogP contribution in [0.2, 0.25) is 0 Å². The molecule has 10 nitrogen and oxygen atoms in total. The number of nitro groups is 1. The van der Waals surface area contributed by atoms with Crippen LogP contribution in [0.1, 0.15) is 37.6 Å². The second kappa shape index (κ2) is 9.51. The number of nitro benzene ring substituents is 1. The number of anilines is 1. The lowest BCUT2D eigenvalue weighted by molar-refractivity contribution is -0.384. The molecule has 0 spiro atoms. The van der Waals surface area contributed by atoms with Crippen molar-refractivity contribution in [1.82, 2.24) is 0 Å². The Morgan fingerprint density at radius 3 is 2.27 bits per heavy atom. The third kappa shape index (κ3) is 4.56. The number of esters is 1. The van der Waals surface area contributed by atoms with E-state index in [1.165, 1.54) is 43.5 Å². The van der Waals surface area contributed by atoms with Crippen LogP contribution in [0, 0.1) is 30.9 Å². The highest BCUT2D eigenvalue weighted by atomic mass is 32.2. The van der Waals surface area contributed by atoms with Crippen molar-refractivity contribution in [2.24, 2.45) is 0 Å². The van der Waals surface area contributed by atoms with Gasteiger partial charge in [-0.25, -0.2) is 13.2 Å². The molecule has 0 atom stereocenters. The van der Waals surface area contributed by atoms with Gasteiger partial charge in [-0.3, -0.25) is 14.9 Å². The Bertz CT molecular complexity index is 1670. The van der Waals surface area contributed by atoms with Gasteiger partial charge in [0.15, 0.2) is 0 Å². The van der Waals surface area contributed by atoms with Crippen LogP contribution >= 0.6 is 0 Å². The Kier molecular flexibility index (Phi) is 6.57. The number of methoxy groups -OCH3 is 1. The molecule has 1 amide bonds. The van der Waals surface area contributed by atoms with Gasteiger partial charge in [-0.15, -0.1) is 0 Å². The summed E-state index contributed by atoms with van der Waals surface area (Å²) < 4.78 is 39.1. The molecule has 11 heteroatoms. The Morgan fingerprint density at radius 2 is 1.65 bits per heavy atom. The summed E-state index contributed by atoms with van der Waals surface area (Å²) in [5.41, 5.74) is 1.10. The fourth-order valence-corrected chi connectivity index (χ4v) is 5.70. The van der Waals surface area contributed by atoms with Gasteiger partial charge in [0.1, 0.15) is 16.9 Å². The number of benzene rings is 3. The highest BCUT2D eigenvalue weighted by molar-refractivity contribution is 7.93. The third-order valence-electron chi connectivity index (χ3n) is 5.84. The smallest absolute Gasteiger partial charge is 0.342 e. The maximum Gasteiger partial charge on any atom is 0.342 e. The number of rotatable bonds is 6. The minimum Gasteiger partial charge on any atom is -0.465 e. The number of amides is 1. The van der Waals surface area contributed by atoms with Gasteiger partial charge in [-0.2, -0.15) is 4.31 Å². The number of hydrogen-bond acceptors (Lipinski definition) is 8. The van der Waals surface area contributed by atoms with Crippen LogP contribution in [-0.2, 0) is 14.8 Å². The van der Waals surface area contributed by atoms with Crippen LogP contribution in [0.3, 0.4) is 0 Å². The topological polar surface area (TPSA) is 137 Å². The predicted octanol–water partition coefficient (Wildman–Crippen LogP) is 5.09. The molecule has 0 aliphatic rings. The summed E-state index contributed by atoms with van der Waals surface area (Å²) in [6, 6.07) is 13.7. The van der Waals surface area contributed by atoms with Crippen molar-refractivity contribution in [2.75, 3.05) is 11.4 Å². The third-order valence-corrected chi connectivity index (χ3v) is 7.70. The van der Waals surface area contributed by atoms with E-state index in [9.17, 15) is 28.1 Å². The highest BCUT2D eigenvalue weighted by Gasteiger charge is 2.34. The van der Waals surface area contributed by atoms with Gasteiger partial charge >= 0.3 is 5.97 Å². The number of fused-ring (bicyclic) bond motifs is 1. The van der Waals surface area contributed by atoms with Crippen LogP contribution in [0.4, 0.5) is 11.4 Å². The van der Waals surface area contributed by atoms with Crippen molar-refractivity contribution in [3.63, 3.8) is 0 Å².